The zero-order valence-corrected chi connectivity index (χ0v) is 10.5. The molecule has 0 aromatic rings. The van der Waals surface area contributed by atoms with Gasteiger partial charge in [0.15, 0.2) is 5.78 Å². The van der Waals surface area contributed by atoms with Crippen molar-refractivity contribution in [3.05, 3.63) is 11.8 Å². The van der Waals surface area contributed by atoms with Gasteiger partial charge >= 0.3 is 0 Å². The molecule has 0 amide bonds. The third-order valence-corrected chi connectivity index (χ3v) is 2.71. The first kappa shape index (κ1) is 12.3. The van der Waals surface area contributed by atoms with Crippen molar-refractivity contribution in [2.75, 3.05) is 0 Å². The van der Waals surface area contributed by atoms with E-state index in [1.807, 2.05) is 34.6 Å². The van der Waals surface area contributed by atoms with E-state index in [0.29, 0.717) is 0 Å². The number of allylic oxidation sites excluding steroid dienone is 1. The SMILES string of the molecule is CC(C)(C)O/C=C1/CCCC(C)(C)C1=O. The molecule has 1 fully saturated rings. The van der Waals surface area contributed by atoms with Gasteiger partial charge < -0.3 is 4.74 Å². The van der Waals surface area contributed by atoms with Crippen molar-refractivity contribution in [2.45, 2.75) is 59.5 Å². The number of Topliss-reactive ketones (excluding diaryl/α,β-unsaturated/α-hetero) is 1. The molecule has 0 bridgehead atoms. The molecule has 0 radical (unpaired) electrons. The molecular weight excluding hydrogens is 188 g/mol. The lowest BCUT2D eigenvalue weighted by Crippen LogP contribution is -2.30. The Morgan fingerprint density at radius 1 is 1.33 bits per heavy atom. The molecule has 86 valence electrons. The van der Waals surface area contributed by atoms with Crippen LogP contribution in [0.25, 0.3) is 0 Å². The van der Waals surface area contributed by atoms with E-state index in [1.54, 1.807) is 6.26 Å². The maximum Gasteiger partial charge on any atom is 0.167 e. The molecule has 0 aromatic heterocycles. The van der Waals surface area contributed by atoms with Gasteiger partial charge in [-0.2, -0.15) is 0 Å². The van der Waals surface area contributed by atoms with Gasteiger partial charge in [0.05, 0.1) is 11.9 Å². The van der Waals surface area contributed by atoms with Crippen molar-refractivity contribution in [3.8, 4) is 0 Å². The van der Waals surface area contributed by atoms with Gasteiger partial charge in [0.2, 0.25) is 0 Å². The van der Waals surface area contributed by atoms with Crippen LogP contribution in [0, 0.1) is 5.41 Å². The molecule has 2 nitrogen and oxygen atoms in total. The van der Waals surface area contributed by atoms with Crippen LogP contribution in [0.5, 0.6) is 0 Å². The summed E-state index contributed by atoms with van der Waals surface area (Å²) in [4.78, 5) is 12.0. The Morgan fingerprint density at radius 3 is 2.47 bits per heavy atom. The standard InChI is InChI=1S/C13H22O2/c1-12(2,3)15-9-10-7-6-8-13(4,5)11(10)14/h9H,6-8H2,1-5H3/b10-9-. The molecule has 0 spiro atoms. The first-order valence-corrected chi connectivity index (χ1v) is 5.64. The highest BCUT2D eigenvalue weighted by Gasteiger charge is 2.33. The molecule has 0 N–H and O–H groups in total. The Bertz CT molecular complexity index is 279. The maximum atomic E-state index is 12.0. The van der Waals surface area contributed by atoms with Crippen LogP contribution in [0.2, 0.25) is 0 Å². The number of hydrogen-bond acceptors (Lipinski definition) is 2. The number of carbonyl (C=O) groups excluding carboxylic acids is 1. The summed E-state index contributed by atoms with van der Waals surface area (Å²) < 4.78 is 5.55. The first-order valence-electron chi connectivity index (χ1n) is 5.64. The van der Waals surface area contributed by atoms with Crippen LogP contribution in [0.3, 0.4) is 0 Å². The molecule has 0 atom stereocenters. The number of ether oxygens (including phenoxy) is 1. The fourth-order valence-corrected chi connectivity index (χ4v) is 1.74. The second kappa shape index (κ2) is 3.99. The van der Waals surface area contributed by atoms with Crippen molar-refractivity contribution in [1.82, 2.24) is 0 Å². The van der Waals surface area contributed by atoms with Crippen molar-refractivity contribution < 1.29 is 9.53 Å². The van der Waals surface area contributed by atoms with Gasteiger partial charge in [0, 0.05) is 11.0 Å². The van der Waals surface area contributed by atoms with Crippen LogP contribution in [-0.4, -0.2) is 11.4 Å². The van der Waals surface area contributed by atoms with E-state index in [2.05, 4.69) is 0 Å². The molecular formula is C13H22O2. The summed E-state index contributed by atoms with van der Waals surface area (Å²) in [5.74, 6) is 0.248. The van der Waals surface area contributed by atoms with Gasteiger partial charge in [0.1, 0.15) is 0 Å². The summed E-state index contributed by atoms with van der Waals surface area (Å²) in [7, 11) is 0. The van der Waals surface area contributed by atoms with Gasteiger partial charge in [-0.25, -0.2) is 0 Å². The van der Waals surface area contributed by atoms with Crippen molar-refractivity contribution in [3.63, 3.8) is 0 Å². The second-order valence-corrected chi connectivity index (χ2v) is 5.94. The van der Waals surface area contributed by atoms with Crippen LogP contribution in [0.1, 0.15) is 53.9 Å². The number of rotatable bonds is 1. The summed E-state index contributed by atoms with van der Waals surface area (Å²) in [5.41, 5.74) is 0.432. The van der Waals surface area contributed by atoms with Gasteiger partial charge in [-0.3, -0.25) is 4.79 Å². The number of carbonyl (C=O) groups is 1. The molecule has 1 aliphatic rings. The summed E-state index contributed by atoms with van der Waals surface area (Å²) in [6.45, 7) is 9.99. The minimum absolute atomic E-state index is 0.203. The summed E-state index contributed by atoms with van der Waals surface area (Å²) in [6, 6.07) is 0. The topological polar surface area (TPSA) is 26.3 Å². The number of ketones is 1. The van der Waals surface area contributed by atoms with Crippen LogP contribution < -0.4 is 0 Å². The lowest BCUT2D eigenvalue weighted by molar-refractivity contribution is -0.125. The van der Waals surface area contributed by atoms with Gasteiger partial charge in [-0.05, 0) is 40.0 Å². The smallest absolute Gasteiger partial charge is 0.167 e. The predicted octanol–water partition coefficient (Wildman–Crippen LogP) is 3.46. The Balaban J connectivity index is 2.74. The monoisotopic (exact) mass is 210 g/mol. The van der Waals surface area contributed by atoms with Crippen LogP contribution >= 0.6 is 0 Å². The lowest BCUT2D eigenvalue weighted by atomic mass is 9.74. The normalized spacial score (nSPS) is 24.3. The zero-order chi connectivity index (χ0) is 11.7. The fraction of sp³-hybridized carbons (Fsp3) is 0.769. The summed E-state index contributed by atoms with van der Waals surface area (Å²) in [5, 5.41) is 0. The van der Waals surface area contributed by atoms with Crippen LogP contribution in [-0.2, 0) is 9.53 Å². The Morgan fingerprint density at radius 2 is 1.93 bits per heavy atom. The highest BCUT2D eigenvalue weighted by molar-refractivity contribution is 5.99. The van der Waals surface area contributed by atoms with E-state index in [1.165, 1.54) is 0 Å². The maximum absolute atomic E-state index is 12.0. The van der Waals surface area contributed by atoms with Gasteiger partial charge in [0.25, 0.3) is 0 Å². The Kier molecular flexibility index (Phi) is 3.27. The van der Waals surface area contributed by atoms with Crippen LogP contribution in [0.4, 0.5) is 0 Å². The van der Waals surface area contributed by atoms with Crippen molar-refractivity contribution in [2.24, 2.45) is 5.41 Å². The van der Waals surface area contributed by atoms with E-state index >= 15 is 0 Å². The Labute approximate surface area is 92.7 Å². The molecule has 0 heterocycles. The molecule has 0 saturated heterocycles. The molecule has 1 aliphatic carbocycles. The minimum Gasteiger partial charge on any atom is -0.495 e. The quantitative estimate of drug-likeness (QED) is 0.489. The third kappa shape index (κ3) is 3.37. The predicted molar refractivity (Wildman–Crippen MR) is 61.6 cm³/mol. The third-order valence-electron chi connectivity index (χ3n) is 2.71. The van der Waals surface area contributed by atoms with Crippen LogP contribution in [0.15, 0.2) is 11.8 Å². The Hall–Kier alpha value is -0.790. The minimum atomic E-state index is -0.213. The molecule has 0 aromatic carbocycles. The molecule has 1 rings (SSSR count). The second-order valence-electron chi connectivity index (χ2n) is 5.94. The van der Waals surface area contributed by atoms with E-state index in [0.717, 1.165) is 24.8 Å². The van der Waals surface area contributed by atoms with Crippen molar-refractivity contribution >= 4 is 5.78 Å². The van der Waals surface area contributed by atoms with E-state index < -0.39 is 0 Å². The zero-order valence-electron chi connectivity index (χ0n) is 10.5. The molecule has 1 saturated carbocycles. The van der Waals surface area contributed by atoms with Gasteiger partial charge in [-0.1, -0.05) is 13.8 Å². The molecule has 15 heavy (non-hydrogen) atoms. The van der Waals surface area contributed by atoms with Gasteiger partial charge in [-0.15, -0.1) is 0 Å². The van der Waals surface area contributed by atoms with Crippen molar-refractivity contribution in [1.29, 1.82) is 0 Å². The fourth-order valence-electron chi connectivity index (χ4n) is 1.74. The molecule has 2 heteroatoms. The largest absolute Gasteiger partial charge is 0.495 e. The van der Waals surface area contributed by atoms with E-state index in [4.69, 9.17) is 4.74 Å². The average Bonchev–Trinajstić information content (AvgIpc) is 2.06. The highest BCUT2D eigenvalue weighted by Crippen LogP contribution is 2.35. The highest BCUT2D eigenvalue weighted by atomic mass is 16.5. The number of hydrogen-bond donors (Lipinski definition) is 0. The summed E-state index contributed by atoms with van der Waals surface area (Å²) in [6.07, 6.45) is 4.60. The molecule has 0 aliphatic heterocycles. The first-order chi connectivity index (χ1) is 6.72. The molecule has 0 unspecified atom stereocenters. The summed E-state index contributed by atoms with van der Waals surface area (Å²) >= 11 is 0. The lowest BCUT2D eigenvalue weighted by Gasteiger charge is -2.30. The average molecular weight is 210 g/mol. The van der Waals surface area contributed by atoms with E-state index in [9.17, 15) is 4.79 Å². The van der Waals surface area contributed by atoms with E-state index in [-0.39, 0.29) is 16.8 Å².